The van der Waals surface area contributed by atoms with Crippen LogP contribution in [0.4, 0.5) is 0 Å². The molecule has 0 bridgehead atoms. The Hall–Kier alpha value is -2.77. The van der Waals surface area contributed by atoms with E-state index in [1.807, 2.05) is 19.3 Å². The fourth-order valence-corrected chi connectivity index (χ4v) is 4.89. The largest absolute Gasteiger partial charge is 0.370 e. The number of likely N-dealkylation sites (tertiary alicyclic amines) is 1. The minimum Gasteiger partial charge on any atom is -0.370 e. The van der Waals surface area contributed by atoms with Crippen molar-refractivity contribution in [3.63, 3.8) is 0 Å². The molecule has 1 aromatic carbocycles. The van der Waals surface area contributed by atoms with Gasteiger partial charge in [0.05, 0.1) is 17.2 Å². The van der Waals surface area contributed by atoms with Gasteiger partial charge in [0.25, 0.3) is 5.91 Å². The molecule has 2 saturated heterocycles. The fourth-order valence-electron chi connectivity index (χ4n) is 4.89. The highest BCUT2D eigenvalue weighted by atomic mass is 16.5. The maximum atomic E-state index is 12.2. The van der Waals surface area contributed by atoms with Crippen molar-refractivity contribution in [2.75, 3.05) is 19.6 Å². The maximum Gasteiger partial charge on any atom is 0.271 e. The summed E-state index contributed by atoms with van der Waals surface area (Å²) in [6.45, 7) is 3.52. The van der Waals surface area contributed by atoms with Crippen LogP contribution in [0.5, 0.6) is 0 Å². The van der Waals surface area contributed by atoms with Crippen LogP contribution in [-0.2, 0) is 18.3 Å². The summed E-state index contributed by atoms with van der Waals surface area (Å²) in [7, 11) is 1.81. The van der Waals surface area contributed by atoms with Gasteiger partial charge in [0.1, 0.15) is 5.69 Å². The number of fused-ring (bicyclic) bond motifs is 1. The van der Waals surface area contributed by atoms with Crippen LogP contribution in [0.1, 0.15) is 41.7 Å². The molecule has 31 heavy (non-hydrogen) atoms. The van der Waals surface area contributed by atoms with Crippen LogP contribution >= 0.6 is 0 Å². The summed E-state index contributed by atoms with van der Waals surface area (Å²) < 4.78 is 8.11. The van der Waals surface area contributed by atoms with Gasteiger partial charge in [-0.05, 0) is 43.4 Å². The first kappa shape index (κ1) is 20.2. The highest BCUT2D eigenvalue weighted by Gasteiger charge is 2.42. The van der Waals surface area contributed by atoms with E-state index in [0.717, 1.165) is 50.8 Å². The summed E-state index contributed by atoms with van der Waals surface area (Å²) in [6.07, 6.45) is 7.87. The Bertz CT molecular complexity index is 1070. The monoisotopic (exact) mass is 419 g/mol. The lowest BCUT2D eigenvalue weighted by atomic mass is 9.88. The molecule has 2 aromatic heterocycles. The third-order valence-electron chi connectivity index (χ3n) is 6.65. The molecule has 3 aromatic rings. The number of nitrogens with zero attached hydrogens (tertiary/aromatic N) is 4. The molecular formula is C24H29N5O2. The van der Waals surface area contributed by atoms with E-state index in [-0.39, 0.29) is 17.6 Å². The Morgan fingerprint density at radius 3 is 2.84 bits per heavy atom. The quantitative estimate of drug-likeness (QED) is 0.689. The van der Waals surface area contributed by atoms with Crippen molar-refractivity contribution in [2.24, 2.45) is 7.05 Å². The van der Waals surface area contributed by atoms with E-state index >= 15 is 0 Å². The van der Waals surface area contributed by atoms with E-state index < -0.39 is 0 Å². The lowest BCUT2D eigenvalue weighted by Crippen LogP contribution is -2.44. The standard InChI is InChI=1S/C24H29N5O2/c1-28-13-8-21(27-28)23(30)26-16-20-7-9-24(31-20)10-14-29(15-11-24)17-19-5-2-4-18-6-3-12-25-22(18)19/h2-6,8,12-13,20H,7,9-11,14-17H2,1H3,(H,26,30)/t20-/m1/s1. The molecule has 2 fully saturated rings. The second-order valence-electron chi connectivity index (χ2n) is 8.81. The lowest BCUT2D eigenvalue weighted by Gasteiger charge is -2.39. The average molecular weight is 420 g/mol. The lowest BCUT2D eigenvalue weighted by molar-refractivity contribution is -0.0764. The average Bonchev–Trinajstić information content (AvgIpc) is 3.41. The van der Waals surface area contributed by atoms with Crippen LogP contribution in [0.25, 0.3) is 10.9 Å². The van der Waals surface area contributed by atoms with Crippen LogP contribution in [0, 0.1) is 0 Å². The Morgan fingerprint density at radius 1 is 1.19 bits per heavy atom. The molecule has 7 nitrogen and oxygen atoms in total. The molecular weight excluding hydrogens is 390 g/mol. The van der Waals surface area contributed by atoms with E-state index in [1.54, 1.807) is 16.9 Å². The summed E-state index contributed by atoms with van der Waals surface area (Å²) >= 11 is 0. The van der Waals surface area contributed by atoms with E-state index in [1.165, 1.54) is 10.9 Å². The number of para-hydroxylation sites is 1. The number of amides is 1. The van der Waals surface area contributed by atoms with Gasteiger partial charge in [0, 0.05) is 51.0 Å². The number of pyridine rings is 1. The van der Waals surface area contributed by atoms with Crippen LogP contribution < -0.4 is 5.32 Å². The number of piperidine rings is 1. The molecule has 0 saturated carbocycles. The van der Waals surface area contributed by atoms with Crippen molar-refractivity contribution in [2.45, 2.75) is 43.9 Å². The Labute approximate surface area is 182 Å². The fraction of sp³-hybridized carbons (Fsp3) is 0.458. The topological polar surface area (TPSA) is 72.3 Å². The number of rotatable bonds is 5. The van der Waals surface area contributed by atoms with Gasteiger partial charge in [-0.15, -0.1) is 0 Å². The van der Waals surface area contributed by atoms with Gasteiger partial charge >= 0.3 is 0 Å². The smallest absolute Gasteiger partial charge is 0.271 e. The first-order chi connectivity index (χ1) is 15.1. The summed E-state index contributed by atoms with van der Waals surface area (Å²) in [4.78, 5) is 19.3. The van der Waals surface area contributed by atoms with Crippen LogP contribution in [0.3, 0.4) is 0 Å². The van der Waals surface area contributed by atoms with E-state index in [2.05, 4.69) is 44.6 Å². The highest BCUT2D eigenvalue weighted by Crippen LogP contribution is 2.39. The third-order valence-corrected chi connectivity index (χ3v) is 6.65. The number of carbonyl (C=O) groups is 1. The summed E-state index contributed by atoms with van der Waals surface area (Å²) in [5, 5.41) is 8.33. The predicted molar refractivity (Wildman–Crippen MR) is 119 cm³/mol. The second-order valence-corrected chi connectivity index (χ2v) is 8.81. The van der Waals surface area contributed by atoms with Crippen LogP contribution in [0.15, 0.2) is 48.8 Å². The van der Waals surface area contributed by atoms with Gasteiger partial charge in [-0.1, -0.05) is 24.3 Å². The van der Waals surface area contributed by atoms with Crippen LogP contribution in [-0.4, -0.2) is 56.9 Å². The SMILES string of the molecule is Cn1ccc(C(=O)NC[C@H]2CCC3(CCN(Cc4cccc5cccnc45)CC3)O2)n1. The molecule has 162 valence electrons. The van der Waals surface area contributed by atoms with Crippen molar-refractivity contribution in [1.82, 2.24) is 25.0 Å². The van der Waals surface area contributed by atoms with Gasteiger partial charge in [0.15, 0.2) is 0 Å². The summed E-state index contributed by atoms with van der Waals surface area (Å²) in [5.74, 6) is -0.135. The molecule has 1 spiro atoms. The Balaban J connectivity index is 1.13. The number of carbonyl (C=O) groups excluding carboxylic acids is 1. The van der Waals surface area contributed by atoms with Gasteiger partial charge < -0.3 is 10.1 Å². The van der Waals surface area contributed by atoms with Gasteiger partial charge in [-0.2, -0.15) is 5.10 Å². The van der Waals surface area contributed by atoms with Crippen molar-refractivity contribution in [1.29, 1.82) is 0 Å². The zero-order valence-electron chi connectivity index (χ0n) is 18.0. The van der Waals surface area contributed by atoms with Crippen molar-refractivity contribution in [3.05, 3.63) is 60.0 Å². The Morgan fingerprint density at radius 2 is 2.03 bits per heavy atom. The zero-order chi connectivity index (χ0) is 21.3. The molecule has 4 heterocycles. The molecule has 5 rings (SSSR count). The molecule has 2 aliphatic heterocycles. The van der Waals surface area contributed by atoms with Crippen molar-refractivity contribution in [3.8, 4) is 0 Å². The molecule has 7 heteroatoms. The predicted octanol–water partition coefficient (Wildman–Crippen LogP) is 2.91. The van der Waals surface area contributed by atoms with E-state index in [0.29, 0.717) is 12.2 Å². The first-order valence-electron chi connectivity index (χ1n) is 11.1. The molecule has 1 N–H and O–H groups in total. The minimum absolute atomic E-state index is 0.0338. The molecule has 1 amide bonds. The van der Waals surface area contributed by atoms with Crippen molar-refractivity contribution < 1.29 is 9.53 Å². The number of hydrogen-bond acceptors (Lipinski definition) is 5. The summed E-state index contributed by atoms with van der Waals surface area (Å²) in [6, 6.07) is 12.3. The molecule has 0 unspecified atom stereocenters. The summed E-state index contributed by atoms with van der Waals surface area (Å²) in [5.41, 5.74) is 2.81. The van der Waals surface area contributed by atoms with Gasteiger partial charge in [-0.25, -0.2) is 0 Å². The normalized spacial score (nSPS) is 21.0. The van der Waals surface area contributed by atoms with Gasteiger partial charge in [0.2, 0.25) is 0 Å². The number of aryl methyl sites for hydroxylation is 1. The molecule has 0 aliphatic carbocycles. The van der Waals surface area contributed by atoms with Crippen molar-refractivity contribution >= 4 is 16.8 Å². The minimum atomic E-state index is -0.135. The third kappa shape index (κ3) is 4.34. The second kappa shape index (κ2) is 8.40. The highest BCUT2D eigenvalue weighted by molar-refractivity contribution is 5.92. The maximum absolute atomic E-state index is 12.2. The molecule has 2 aliphatic rings. The number of nitrogens with one attached hydrogen (secondary N) is 1. The molecule has 1 atom stereocenters. The number of aromatic nitrogens is 3. The molecule has 0 radical (unpaired) electrons. The number of ether oxygens (including phenoxy) is 1. The first-order valence-corrected chi connectivity index (χ1v) is 11.1. The van der Waals surface area contributed by atoms with Gasteiger partial charge in [-0.3, -0.25) is 19.4 Å². The van der Waals surface area contributed by atoms with E-state index in [4.69, 9.17) is 4.74 Å². The Kier molecular flexibility index (Phi) is 5.46. The van der Waals surface area contributed by atoms with Crippen LogP contribution in [0.2, 0.25) is 0 Å². The zero-order valence-corrected chi connectivity index (χ0v) is 18.0. The number of benzene rings is 1. The van der Waals surface area contributed by atoms with E-state index in [9.17, 15) is 4.79 Å². The number of hydrogen-bond donors (Lipinski definition) is 1.